The van der Waals surface area contributed by atoms with E-state index < -0.39 is 0 Å². The average Bonchev–Trinajstić information content (AvgIpc) is 2.55. The number of nitrogens with one attached hydrogen (secondary N) is 2. The van der Waals surface area contributed by atoms with Crippen molar-refractivity contribution in [3.63, 3.8) is 0 Å². The van der Waals surface area contributed by atoms with Crippen LogP contribution in [0, 0.1) is 5.92 Å². The van der Waals surface area contributed by atoms with E-state index in [-0.39, 0.29) is 17.7 Å². The molecule has 2 aromatic rings. The number of hydrogen-bond donors (Lipinski definition) is 2. The van der Waals surface area contributed by atoms with Crippen LogP contribution >= 0.6 is 11.6 Å². The van der Waals surface area contributed by atoms with Gasteiger partial charge in [-0.15, -0.1) is 0 Å². The molecule has 2 rings (SSSR count). The second kappa shape index (κ2) is 9.02. The highest BCUT2D eigenvalue weighted by molar-refractivity contribution is 6.30. The van der Waals surface area contributed by atoms with E-state index in [0.717, 1.165) is 12.1 Å². The molecule has 1 atom stereocenters. The molecular formula is C21H28ClN2O+. The minimum absolute atomic E-state index is 0.0596. The molecule has 0 heterocycles. The van der Waals surface area contributed by atoms with Crippen LogP contribution in [0.2, 0.25) is 5.02 Å². The van der Waals surface area contributed by atoms with Gasteiger partial charge in [-0.1, -0.05) is 61.8 Å². The van der Waals surface area contributed by atoms with E-state index in [1.807, 2.05) is 36.4 Å². The van der Waals surface area contributed by atoms with E-state index in [9.17, 15) is 4.79 Å². The summed E-state index contributed by atoms with van der Waals surface area (Å²) in [5, 5.41) is 3.81. The Kier molecular flexibility index (Phi) is 7.03. The van der Waals surface area contributed by atoms with Gasteiger partial charge in [0.05, 0.1) is 20.0 Å². The Bertz CT molecular complexity index is 695. The summed E-state index contributed by atoms with van der Waals surface area (Å²) in [4.78, 5) is 14.2. The summed E-state index contributed by atoms with van der Waals surface area (Å²) in [5.74, 6) is 0.0934. The topological polar surface area (TPSA) is 33.5 Å². The van der Waals surface area contributed by atoms with Gasteiger partial charge in [0.1, 0.15) is 6.54 Å². The molecule has 0 aromatic heterocycles. The quantitative estimate of drug-likeness (QED) is 0.782. The standard InChI is InChI=1S/C21H27ClN2O/c1-15(2)20(16-9-11-19(22)12-10-16)21(25)23-13-17-7-5-6-8-18(17)14-24(3)4/h5-12,15,20H,13-14H2,1-4H3,(H,23,25)/p+1/t20-/m1/s1. The normalized spacial score (nSPS) is 12.4. The molecule has 1 amide bonds. The fraction of sp³-hybridized carbons (Fsp3) is 0.381. The summed E-state index contributed by atoms with van der Waals surface area (Å²) in [6.45, 7) is 5.64. The van der Waals surface area contributed by atoms with Gasteiger partial charge in [-0.25, -0.2) is 0 Å². The first-order valence-electron chi connectivity index (χ1n) is 8.77. The molecule has 3 nitrogen and oxygen atoms in total. The number of rotatable bonds is 7. The monoisotopic (exact) mass is 359 g/mol. The Morgan fingerprint density at radius 3 is 2.20 bits per heavy atom. The minimum Gasteiger partial charge on any atom is -0.351 e. The summed E-state index contributed by atoms with van der Waals surface area (Å²) < 4.78 is 0. The van der Waals surface area contributed by atoms with Crippen molar-refractivity contribution >= 4 is 17.5 Å². The highest BCUT2D eigenvalue weighted by Crippen LogP contribution is 2.26. The molecule has 0 saturated carbocycles. The molecule has 4 heteroatoms. The molecule has 0 bridgehead atoms. The SMILES string of the molecule is CC(C)[C@@H](C(=O)NCc1ccccc1C[NH+](C)C)c1ccc(Cl)cc1. The number of carbonyl (C=O) groups excluding carboxylic acids is 1. The lowest BCUT2D eigenvalue weighted by atomic mass is 9.87. The van der Waals surface area contributed by atoms with E-state index in [4.69, 9.17) is 11.6 Å². The predicted octanol–water partition coefficient (Wildman–Crippen LogP) is 3.04. The molecule has 0 saturated heterocycles. The van der Waals surface area contributed by atoms with Crippen LogP contribution in [-0.4, -0.2) is 20.0 Å². The van der Waals surface area contributed by atoms with Crippen molar-refractivity contribution in [1.82, 2.24) is 5.32 Å². The third kappa shape index (κ3) is 5.58. The Hall–Kier alpha value is -1.84. The van der Waals surface area contributed by atoms with Crippen molar-refractivity contribution in [2.45, 2.75) is 32.9 Å². The Morgan fingerprint density at radius 2 is 1.64 bits per heavy atom. The molecule has 0 radical (unpaired) electrons. The summed E-state index contributed by atoms with van der Waals surface area (Å²) in [5.41, 5.74) is 3.45. The first-order valence-corrected chi connectivity index (χ1v) is 9.15. The van der Waals surface area contributed by atoms with Crippen LogP contribution in [0.3, 0.4) is 0 Å². The van der Waals surface area contributed by atoms with Crippen LogP contribution in [0.4, 0.5) is 0 Å². The molecular weight excluding hydrogens is 332 g/mol. The molecule has 0 spiro atoms. The van der Waals surface area contributed by atoms with Gasteiger partial charge in [-0.2, -0.15) is 0 Å². The van der Waals surface area contributed by atoms with Crippen molar-refractivity contribution in [3.05, 3.63) is 70.2 Å². The lowest BCUT2D eigenvalue weighted by molar-refractivity contribution is -0.872. The summed E-state index contributed by atoms with van der Waals surface area (Å²) in [6.07, 6.45) is 0. The van der Waals surface area contributed by atoms with Crippen LogP contribution in [0.1, 0.15) is 36.5 Å². The van der Waals surface area contributed by atoms with Crippen LogP contribution in [0.15, 0.2) is 48.5 Å². The Morgan fingerprint density at radius 1 is 1.04 bits per heavy atom. The molecule has 0 aliphatic rings. The fourth-order valence-electron chi connectivity index (χ4n) is 3.08. The molecule has 25 heavy (non-hydrogen) atoms. The Balaban J connectivity index is 2.11. The third-order valence-corrected chi connectivity index (χ3v) is 4.55. The van der Waals surface area contributed by atoms with Crippen LogP contribution in [0.5, 0.6) is 0 Å². The minimum atomic E-state index is -0.177. The molecule has 2 aromatic carbocycles. The van der Waals surface area contributed by atoms with Gasteiger partial charge in [-0.05, 0) is 29.2 Å². The lowest BCUT2D eigenvalue weighted by Gasteiger charge is -2.21. The van der Waals surface area contributed by atoms with Gasteiger partial charge in [0, 0.05) is 17.1 Å². The summed E-state index contributed by atoms with van der Waals surface area (Å²) in [7, 11) is 4.26. The van der Waals surface area contributed by atoms with Gasteiger partial charge in [0.2, 0.25) is 5.91 Å². The van der Waals surface area contributed by atoms with Crippen LogP contribution in [0.25, 0.3) is 0 Å². The van der Waals surface area contributed by atoms with E-state index >= 15 is 0 Å². The van der Waals surface area contributed by atoms with Crippen molar-refractivity contribution in [2.75, 3.05) is 14.1 Å². The second-order valence-electron chi connectivity index (χ2n) is 7.14. The van der Waals surface area contributed by atoms with Crippen molar-refractivity contribution < 1.29 is 9.69 Å². The highest BCUT2D eigenvalue weighted by Gasteiger charge is 2.24. The zero-order valence-corrected chi connectivity index (χ0v) is 16.2. The summed E-state index contributed by atoms with van der Waals surface area (Å²) >= 11 is 5.97. The van der Waals surface area contributed by atoms with Crippen molar-refractivity contribution in [2.24, 2.45) is 5.92 Å². The predicted molar refractivity (Wildman–Crippen MR) is 104 cm³/mol. The molecule has 0 aliphatic carbocycles. The van der Waals surface area contributed by atoms with Gasteiger partial charge in [0.25, 0.3) is 0 Å². The zero-order chi connectivity index (χ0) is 18.4. The molecule has 2 N–H and O–H groups in total. The largest absolute Gasteiger partial charge is 0.351 e. The Labute approximate surface area is 156 Å². The molecule has 0 aliphatic heterocycles. The van der Waals surface area contributed by atoms with Crippen molar-refractivity contribution in [1.29, 1.82) is 0 Å². The number of carbonyl (C=O) groups is 1. The average molecular weight is 360 g/mol. The van der Waals surface area contributed by atoms with E-state index in [1.54, 1.807) is 0 Å². The van der Waals surface area contributed by atoms with Gasteiger partial charge >= 0.3 is 0 Å². The number of halogens is 1. The van der Waals surface area contributed by atoms with Crippen molar-refractivity contribution in [3.8, 4) is 0 Å². The summed E-state index contributed by atoms with van der Waals surface area (Å²) in [6, 6.07) is 15.9. The van der Waals surface area contributed by atoms with Gasteiger partial charge < -0.3 is 10.2 Å². The molecule has 134 valence electrons. The molecule has 0 unspecified atom stereocenters. The second-order valence-corrected chi connectivity index (χ2v) is 7.58. The third-order valence-electron chi connectivity index (χ3n) is 4.29. The van der Waals surface area contributed by atoms with E-state index in [1.165, 1.54) is 16.0 Å². The maximum absolute atomic E-state index is 12.8. The number of amides is 1. The highest BCUT2D eigenvalue weighted by atomic mass is 35.5. The number of hydrogen-bond acceptors (Lipinski definition) is 1. The van der Waals surface area contributed by atoms with E-state index in [0.29, 0.717) is 11.6 Å². The van der Waals surface area contributed by atoms with Gasteiger partial charge in [0.15, 0.2) is 0 Å². The number of quaternary nitrogens is 1. The first-order chi connectivity index (χ1) is 11.9. The van der Waals surface area contributed by atoms with Gasteiger partial charge in [-0.3, -0.25) is 4.79 Å². The number of benzene rings is 2. The van der Waals surface area contributed by atoms with E-state index in [2.05, 4.69) is 45.4 Å². The van der Waals surface area contributed by atoms with Crippen LogP contribution < -0.4 is 10.2 Å². The van der Waals surface area contributed by atoms with Crippen LogP contribution in [-0.2, 0) is 17.9 Å². The maximum Gasteiger partial charge on any atom is 0.228 e. The first kappa shape index (κ1) is 19.5. The zero-order valence-electron chi connectivity index (χ0n) is 15.5. The lowest BCUT2D eigenvalue weighted by Crippen LogP contribution is -3.04. The smallest absolute Gasteiger partial charge is 0.228 e. The fourth-order valence-corrected chi connectivity index (χ4v) is 3.21. The maximum atomic E-state index is 12.8. The molecule has 0 fully saturated rings.